The van der Waals surface area contributed by atoms with Gasteiger partial charge in [-0.1, -0.05) is 48.5 Å². The van der Waals surface area contributed by atoms with Crippen LogP contribution in [0.15, 0.2) is 155 Å². The molecule has 70 heavy (non-hydrogen) atoms. The number of benzene rings is 4. The Morgan fingerprint density at radius 3 is 0.957 bits per heavy atom. The van der Waals surface area contributed by atoms with Crippen LogP contribution in [0.5, 0.6) is 23.0 Å². The number of carbonyl (C=O) groups is 2. The van der Waals surface area contributed by atoms with Gasteiger partial charge in [0.1, 0.15) is 23.0 Å². The van der Waals surface area contributed by atoms with E-state index in [1.165, 1.54) is 36.9 Å². The van der Waals surface area contributed by atoms with Crippen LogP contribution in [0.1, 0.15) is 20.7 Å². The van der Waals surface area contributed by atoms with Gasteiger partial charge in [-0.15, -0.1) is 40.9 Å². The molecule has 8 aromatic rings. The molecule has 0 atom stereocenters. The van der Waals surface area contributed by atoms with Crippen LogP contribution < -0.4 is 46.7 Å². The van der Waals surface area contributed by atoms with Gasteiger partial charge in [0, 0.05) is 39.0 Å². The van der Waals surface area contributed by atoms with Crippen molar-refractivity contribution in [2.45, 2.75) is 0 Å². The van der Waals surface area contributed by atoms with Crippen LogP contribution in [-0.4, -0.2) is 76.9 Å². The summed E-state index contributed by atoms with van der Waals surface area (Å²) in [5.74, 6) is 0.263. The van der Waals surface area contributed by atoms with Gasteiger partial charge < -0.3 is 38.7 Å². The number of rotatable bonds is 8. The molecule has 0 aliphatic carbocycles. The second-order valence-corrected chi connectivity index (χ2v) is 13.4. The van der Waals surface area contributed by atoms with Crippen molar-refractivity contribution in [3.8, 4) is 68.8 Å². The fraction of sp³-hybridized carbons (Fsp3) is 0.0476. The molecule has 376 valence electrons. The molecular weight excluding hydrogens is 1160 g/mol. The monoisotopic (exact) mass is 1190 g/mol. The zero-order chi connectivity index (χ0) is 50.3. The molecule has 0 saturated heterocycles. The molecule has 0 fully saturated rings. The molecule has 24 nitrogen and oxygen atoms in total. The van der Waals surface area contributed by atoms with E-state index < -0.39 is 32.4 Å². The van der Waals surface area contributed by atoms with Crippen LogP contribution in [0.3, 0.4) is 0 Å². The summed E-state index contributed by atoms with van der Waals surface area (Å²) in [7, 11) is -7.89. The van der Waals surface area contributed by atoms with Gasteiger partial charge in [-0.3, -0.25) is 9.97 Å². The first kappa shape index (κ1) is 61.7. The van der Waals surface area contributed by atoms with Crippen LogP contribution in [-0.2, 0) is 44.8 Å². The Morgan fingerprint density at radius 2 is 0.671 bits per heavy atom. The maximum absolute atomic E-state index is 12.3. The molecule has 28 heteroatoms. The van der Waals surface area contributed by atoms with Gasteiger partial charge in [-0.05, 0) is 72.8 Å². The molecule has 0 aliphatic rings. The van der Waals surface area contributed by atoms with E-state index in [0.29, 0.717) is 33.4 Å². The first-order valence-electron chi connectivity index (χ1n) is 18.2. The van der Waals surface area contributed by atoms with Gasteiger partial charge in [0.25, 0.3) is 23.6 Å². The standard InChI is InChI=1S/2C20H13N3O4.2CH4O.2Ag.2ClHO4/c2*24-16-7-3-1-5-14(16)18-22-23-19(27-18)15-6-2-4-8-17(15)26-20(25)13-9-11-21-12-10-13;2*1-2;;;2*2-1(3,4)5/h2*1-12,24H;2*2H,1H3;;;2*(H,2,3,4,5)/q;;;;2*+1;;/p-2. The van der Waals surface area contributed by atoms with E-state index in [4.69, 9.17) is 65.8 Å². The number of carbonyl (C=O) groups excluding carboxylic acids is 2. The van der Waals surface area contributed by atoms with Crippen molar-refractivity contribution in [1.82, 2.24) is 30.4 Å². The minimum atomic E-state index is -4.94. The summed E-state index contributed by atoms with van der Waals surface area (Å²) in [6.07, 6.45) is 6.05. The van der Waals surface area contributed by atoms with Crippen LogP contribution in [0.2, 0.25) is 0 Å². The van der Waals surface area contributed by atoms with Gasteiger partial charge in [-0.25, -0.2) is 46.9 Å². The van der Waals surface area contributed by atoms with E-state index in [1.807, 2.05) is 0 Å². The largest absolute Gasteiger partial charge is 1.00 e. The smallest absolute Gasteiger partial charge is 0.507 e. The van der Waals surface area contributed by atoms with Crippen molar-refractivity contribution in [2.24, 2.45) is 0 Å². The van der Waals surface area contributed by atoms with Gasteiger partial charge >= 0.3 is 56.7 Å². The summed E-state index contributed by atoms with van der Waals surface area (Å²) >= 11 is 0. The van der Waals surface area contributed by atoms with Crippen LogP contribution in [0.4, 0.5) is 0 Å². The van der Waals surface area contributed by atoms with Crippen molar-refractivity contribution in [2.75, 3.05) is 14.2 Å². The molecule has 8 rings (SSSR count). The minimum Gasteiger partial charge on any atom is -0.507 e. The average Bonchev–Trinajstić information content (AvgIpc) is 4.02. The van der Waals surface area contributed by atoms with E-state index in [-0.39, 0.29) is 91.3 Å². The van der Waals surface area contributed by atoms with E-state index >= 15 is 0 Å². The van der Waals surface area contributed by atoms with Crippen molar-refractivity contribution in [3.63, 3.8) is 0 Å². The Balaban J connectivity index is 0.000000542. The van der Waals surface area contributed by atoms with E-state index in [2.05, 4.69) is 30.4 Å². The molecular formula is C42H34Ag2Cl2N6O18. The third-order valence-electron chi connectivity index (χ3n) is 7.59. The molecule has 0 spiro atoms. The summed E-state index contributed by atoms with van der Waals surface area (Å²) < 4.78 is 90.3. The number of phenols is 2. The number of pyridine rings is 2. The second kappa shape index (κ2) is 31.0. The number of aromatic nitrogens is 6. The van der Waals surface area contributed by atoms with Gasteiger partial charge in [0.2, 0.25) is 0 Å². The minimum absolute atomic E-state index is 0. The van der Waals surface area contributed by atoms with Crippen molar-refractivity contribution < 1.29 is 151 Å². The normalized spacial score (nSPS) is 10.0. The predicted octanol–water partition coefficient (Wildman–Crippen LogP) is -2.85. The summed E-state index contributed by atoms with van der Waals surface area (Å²) in [5.41, 5.74) is 2.52. The molecule has 0 amide bonds. The zero-order valence-electron chi connectivity index (χ0n) is 35.4. The van der Waals surface area contributed by atoms with Crippen molar-refractivity contribution in [3.05, 3.63) is 157 Å². The quantitative estimate of drug-likeness (QED) is 0.0676. The molecule has 4 aromatic carbocycles. The third kappa shape index (κ3) is 21.1. The molecule has 0 unspecified atom stereocenters. The average molecular weight is 1200 g/mol. The first-order valence-corrected chi connectivity index (χ1v) is 20.7. The molecule has 0 saturated carbocycles. The van der Waals surface area contributed by atoms with Crippen LogP contribution in [0, 0.1) is 20.5 Å². The fourth-order valence-electron chi connectivity index (χ4n) is 4.95. The maximum Gasteiger partial charge on any atom is 1.00 e. The van der Waals surface area contributed by atoms with Crippen LogP contribution >= 0.6 is 0 Å². The predicted molar refractivity (Wildman–Crippen MR) is 208 cm³/mol. The summed E-state index contributed by atoms with van der Waals surface area (Å²) in [4.78, 5) is 32.4. The summed E-state index contributed by atoms with van der Waals surface area (Å²) in [5, 5.41) is 49.9. The number of para-hydroxylation sites is 4. The number of esters is 2. The van der Waals surface area contributed by atoms with E-state index in [9.17, 15) is 19.8 Å². The van der Waals surface area contributed by atoms with Gasteiger partial charge in [0.15, 0.2) is 0 Å². The van der Waals surface area contributed by atoms with Crippen LogP contribution in [0.25, 0.3) is 45.8 Å². The third-order valence-corrected chi connectivity index (χ3v) is 7.59. The summed E-state index contributed by atoms with van der Waals surface area (Å²) in [6.45, 7) is 0. The SMILES string of the molecule is CO.CO.O=C(Oc1ccccc1-c1nnc(-c2ccccc2O)o1)c1ccncc1.O=C(Oc1ccccc1-c1nnc(-c2ccccc2O)o1)c1ccncc1.[Ag+].[Ag+].[O-][Cl+3]([O-])([O-])[O-].[O-][Cl+3]([O-])([O-])[O-]. The Bertz CT molecular complexity index is 2580. The Kier molecular flexibility index (Phi) is 27.3. The first-order chi connectivity index (χ1) is 32.4. The number of ether oxygens (including phenoxy) is 2. The number of nitrogens with zero attached hydrogens (tertiary/aromatic N) is 6. The molecule has 0 radical (unpaired) electrons. The number of aromatic hydroxyl groups is 2. The number of phenolic OH excluding ortho intramolecular Hbond substituents is 2. The van der Waals surface area contributed by atoms with Gasteiger partial charge in [-0.2, -0.15) is 0 Å². The Labute approximate surface area is 430 Å². The summed E-state index contributed by atoms with van der Waals surface area (Å²) in [6, 6.07) is 33.2. The Hall–Kier alpha value is -6.34. The second-order valence-electron chi connectivity index (χ2n) is 11.9. The maximum atomic E-state index is 12.3. The molecule has 0 bridgehead atoms. The fourth-order valence-corrected chi connectivity index (χ4v) is 4.95. The van der Waals surface area contributed by atoms with E-state index in [0.717, 1.165) is 14.2 Å². The number of halogens is 2. The number of aliphatic hydroxyl groups excluding tert-OH is 2. The molecule has 4 N–H and O–H groups in total. The number of aliphatic hydroxyl groups is 2. The van der Waals surface area contributed by atoms with Crippen molar-refractivity contribution >= 4 is 11.9 Å². The molecule has 4 heterocycles. The Morgan fingerprint density at radius 1 is 0.429 bits per heavy atom. The topological polar surface area (TPSA) is 422 Å². The molecule has 0 aliphatic heterocycles. The van der Waals surface area contributed by atoms with Crippen molar-refractivity contribution in [1.29, 1.82) is 0 Å². The van der Waals surface area contributed by atoms with E-state index in [1.54, 1.807) is 109 Å². The number of hydrogen-bond donors (Lipinski definition) is 4. The van der Waals surface area contributed by atoms with Gasteiger partial charge in [0.05, 0.1) is 33.4 Å². The number of hydrogen-bond acceptors (Lipinski definition) is 24. The zero-order valence-corrected chi connectivity index (χ0v) is 39.9. The molecule has 4 aromatic heterocycles.